The van der Waals surface area contributed by atoms with Gasteiger partial charge in [0.1, 0.15) is 5.78 Å². The molecule has 0 amide bonds. The van der Waals surface area contributed by atoms with Crippen LogP contribution in [0.25, 0.3) is 0 Å². The Kier molecular flexibility index (Phi) is 4.91. The maximum absolute atomic E-state index is 12.2. The molecule has 1 aliphatic carbocycles. The number of hydrogen-bond acceptors (Lipinski definition) is 3. The molecule has 0 radical (unpaired) electrons. The molecule has 0 aromatic rings. The zero-order chi connectivity index (χ0) is 14.9. The van der Waals surface area contributed by atoms with Crippen molar-refractivity contribution in [1.29, 1.82) is 0 Å². The third-order valence-electron chi connectivity index (χ3n) is 5.46. The minimum Gasteiger partial charge on any atom is -0.393 e. The predicted molar refractivity (Wildman–Crippen MR) is 81.5 cm³/mol. The highest BCUT2D eigenvalue weighted by Gasteiger charge is 2.36. The van der Waals surface area contributed by atoms with E-state index >= 15 is 0 Å². The normalized spacial score (nSPS) is 34.5. The van der Waals surface area contributed by atoms with Gasteiger partial charge in [0.2, 0.25) is 0 Å². The summed E-state index contributed by atoms with van der Waals surface area (Å²) in [6.45, 7) is 11.7. The van der Waals surface area contributed by atoms with Crippen molar-refractivity contribution in [3.8, 4) is 0 Å². The van der Waals surface area contributed by atoms with E-state index in [0.29, 0.717) is 23.0 Å². The van der Waals surface area contributed by atoms with Crippen molar-refractivity contribution in [3.63, 3.8) is 0 Å². The molecule has 4 atom stereocenters. The van der Waals surface area contributed by atoms with Gasteiger partial charge < -0.3 is 10.0 Å². The predicted octanol–water partition coefficient (Wildman–Crippen LogP) is 2.72. The van der Waals surface area contributed by atoms with Gasteiger partial charge in [0, 0.05) is 25.4 Å². The molecule has 1 N–H and O–H groups in total. The molecule has 4 unspecified atom stereocenters. The zero-order valence-corrected chi connectivity index (χ0v) is 13.6. The lowest BCUT2D eigenvalue weighted by molar-refractivity contribution is -0.127. The lowest BCUT2D eigenvalue weighted by atomic mass is 9.68. The van der Waals surface area contributed by atoms with E-state index in [1.54, 1.807) is 0 Å². The van der Waals surface area contributed by atoms with Crippen molar-refractivity contribution >= 4 is 5.78 Å². The van der Waals surface area contributed by atoms with E-state index in [0.717, 1.165) is 45.3 Å². The van der Waals surface area contributed by atoms with Gasteiger partial charge in [-0.15, -0.1) is 0 Å². The highest BCUT2D eigenvalue weighted by Crippen LogP contribution is 2.39. The number of rotatable bonds is 3. The quantitative estimate of drug-likeness (QED) is 0.864. The van der Waals surface area contributed by atoms with Gasteiger partial charge in [-0.1, -0.05) is 20.8 Å². The lowest BCUT2D eigenvalue weighted by Crippen LogP contribution is -2.39. The Hall–Kier alpha value is -0.410. The Balaban J connectivity index is 1.89. The average molecular weight is 281 g/mol. The Morgan fingerprint density at radius 2 is 2.05 bits per heavy atom. The molecule has 2 fully saturated rings. The van der Waals surface area contributed by atoms with Crippen molar-refractivity contribution in [1.82, 2.24) is 4.90 Å². The van der Waals surface area contributed by atoms with Gasteiger partial charge in [0.25, 0.3) is 0 Å². The molecule has 3 nitrogen and oxygen atoms in total. The number of Topliss-reactive ketones (excluding diaryl/α,β-unsaturated/α-hetero) is 1. The van der Waals surface area contributed by atoms with E-state index in [1.807, 2.05) is 6.92 Å². The summed E-state index contributed by atoms with van der Waals surface area (Å²) in [5.74, 6) is 1.75. The number of carbonyl (C=O) groups excluding carboxylic acids is 1. The van der Waals surface area contributed by atoms with Crippen LogP contribution >= 0.6 is 0 Å². The second-order valence-corrected chi connectivity index (χ2v) is 8.05. The first-order valence-electron chi connectivity index (χ1n) is 8.20. The van der Waals surface area contributed by atoms with Crippen LogP contribution in [0.1, 0.15) is 53.4 Å². The summed E-state index contributed by atoms with van der Waals surface area (Å²) in [5, 5.41) is 9.68. The molecule has 3 heteroatoms. The molecule has 1 heterocycles. The van der Waals surface area contributed by atoms with E-state index in [9.17, 15) is 9.90 Å². The molecule has 1 saturated carbocycles. The van der Waals surface area contributed by atoms with Crippen LogP contribution in [-0.2, 0) is 4.79 Å². The molecule has 0 aromatic carbocycles. The van der Waals surface area contributed by atoms with Crippen LogP contribution in [0, 0.1) is 23.2 Å². The summed E-state index contributed by atoms with van der Waals surface area (Å²) < 4.78 is 0. The largest absolute Gasteiger partial charge is 0.393 e. The number of nitrogens with zero attached hydrogens (tertiary/aromatic N) is 1. The molecule has 20 heavy (non-hydrogen) atoms. The van der Waals surface area contributed by atoms with Crippen molar-refractivity contribution in [3.05, 3.63) is 0 Å². The smallest absolute Gasteiger partial charge is 0.137 e. The monoisotopic (exact) mass is 281 g/mol. The van der Waals surface area contributed by atoms with E-state index in [1.165, 1.54) is 0 Å². The summed E-state index contributed by atoms with van der Waals surface area (Å²) >= 11 is 0. The zero-order valence-electron chi connectivity index (χ0n) is 13.6. The van der Waals surface area contributed by atoms with E-state index in [2.05, 4.69) is 25.7 Å². The van der Waals surface area contributed by atoms with Crippen LogP contribution in [0.15, 0.2) is 0 Å². The molecule has 1 saturated heterocycles. The van der Waals surface area contributed by atoms with E-state index in [-0.39, 0.29) is 12.0 Å². The summed E-state index contributed by atoms with van der Waals surface area (Å²) in [7, 11) is 0. The summed E-state index contributed by atoms with van der Waals surface area (Å²) in [5.41, 5.74) is 0.312. The lowest BCUT2D eigenvalue weighted by Gasteiger charge is -2.38. The number of aliphatic hydroxyl groups is 1. The van der Waals surface area contributed by atoms with E-state index < -0.39 is 0 Å². The number of hydrogen-bond donors (Lipinski definition) is 1. The van der Waals surface area contributed by atoms with Crippen LogP contribution in [0.5, 0.6) is 0 Å². The summed E-state index contributed by atoms with van der Waals surface area (Å²) in [6, 6.07) is 0. The van der Waals surface area contributed by atoms with Crippen LogP contribution in [0.4, 0.5) is 0 Å². The Morgan fingerprint density at radius 1 is 1.35 bits per heavy atom. The first kappa shape index (κ1) is 16.0. The molecule has 2 rings (SSSR count). The molecular weight excluding hydrogens is 250 g/mol. The fourth-order valence-corrected chi connectivity index (χ4v) is 3.81. The first-order chi connectivity index (χ1) is 9.27. The fourth-order valence-electron chi connectivity index (χ4n) is 3.81. The van der Waals surface area contributed by atoms with E-state index in [4.69, 9.17) is 0 Å². The third-order valence-corrected chi connectivity index (χ3v) is 5.46. The van der Waals surface area contributed by atoms with Gasteiger partial charge in [-0.25, -0.2) is 0 Å². The SMILES string of the molecule is CC(O)C1CCN(CC2CC(C(C)(C)C)CCC2=O)C1. The molecule has 116 valence electrons. The molecule has 0 aromatic heterocycles. The molecule has 0 bridgehead atoms. The molecular formula is C17H31NO2. The average Bonchev–Trinajstić information content (AvgIpc) is 2.79. The van der Waals surface area contributed by atoms with Gasteiger partial charge in [0.05, 0.1) is 6.10 Å². The topological polar surface area (TPSA) is 40.5 Å². The summed E-state index contributed by atoms with van der Waals surface area (Å²) in [6.07, 6.45) is 3.74. The van der Waals surface area contributed by atoms with Gasteiger partial charge in [-0.2, -0.15) is 0 Å². The van der Waals surface area contributed by atoms with Crippen LogP contribution < -0.4 is 0 Å². The second kappa shape index (κ2) is 6.15. The number of aliphatic hydroxyl groups excluding tert-OH is 1. The maximum Gasteiger partial charge on any atom is 0.137 e. The van der Waals surface area contributed by atoms with Crippen LogP contribution in [-0.4, -0.2) is 41.5 Å². The first-order valence-corrected chi connectivity index (χ1v) is 8.20. The maximum atomic E-state index is 12.2. The molecule has 2 aliphatic rings. The van der Waals surface area contributed by atoms with Gasteiger partial charge in [-0.3, -0.25) is 4.79 Å². The standard InChI is InChI=1S/C17H31NO2/c1-12(19)13-7-8-18(10-13)11-14-9-15(17(2,3)4)5-6-16(14)20/h12-15,19H,5-11H2,1-4H3. The third kappa shape index (κ3) is 3.82. The minimum absolute atomic E-state index is 0.218. The van der Waals surface area contributed by atoms with Gasteiger partial charge in [0.15, 0.2) is 0 Å². The molecule has 0 spiro atoms. The number of likely N-dealkylation sites (tertiary alicyclic amines) is 1. The van der Waals surface area contributed by atoms with Crippen molar-refractivity contribution in [2.24, 2.45) is 23.2 Å². The fraction of sp³-hybridized carbons (Fsp3) is 0.941. The highest BCUT2D eigenvalue weighted by molar-refractivity contribution is 5.82. The van der Waals surface area contributed by atoms with Crippen LogP contribution in [0.3, 0.4) is 0 Å². The van der Waals surface area contributed by atoms with Gasteiger partial charge in [-0.05, 0) is 50.0 Å². The second-order valence-electron chi connectivity index (χ2n) is 8.05. The highest BCUT2D eigenvalue weighted by atomic mass is 16.3. The van der Waals surface area contributed by atoms with Gasteiger partial charge >= 0.3 is 0 Å². The Labute approximate surface area is 123 Å². The summed E-state index contributed by atoms with van der Waals surface area (Å²) in [4.78, 5) is 14.6. The Morgan fingerprint density at radius 3 is 2.60 bits per heavy atom. The van der Waals surface area contributed by atoms with Crippen LogP contribution in [0.2, 0.25) is 0 Å². The number of ketones is 1. The Bertz CT molecular complexity index is 345. The minimum atomic E-state index is -0.218. The van der Waals surface area contributed by atoms with Crippen molar-refractivity contribution in [2.75, 3.05) is 19.6 Å². The van der Waals surface area contributed by atoms with Crippen molar-refractivity contribution < 1.29 is 9.90 Å². The van der Waals surface area contributed by atoms with Crippen molar-refractivity contribution in [2.45, 2.75) is 59.5 Å². The molecule has 1 aliphatic heterocycles. The number of carbonyl (C=O) groups is 1.